The van der Waals surface area contributed by atoms with Gasteiger partial charge in [0.2, 0.25) is 11.4 Å². The minimum atomic E-state index is 0.900. The van der Waals surface area contributed by atoms with Crippen LogP contribution in [0.3, 0.4) is 0 Å². The molecular formula is C31H42N2. The SMILES string of the molecule is CCCCCCc1ccc(C2=C(CC)C(C)=C(c3cccc(CCCCCC)c3)[N+]2=[N-])cc1. The summed E-state index contributed by atoms with van der Waals surface area (Å²) in [6, 6.07) is 17.6. The molecule has 0 saturated carbocycles. The lowest BCUT2D eigenvalue weighted by atomic mass is 9.97. The standard InChI is InChI=1S/C31H42N2/c1-5-8-10-12-15-25-19-21-27(22-20-25)31-29(7-3)24(4)30(33(31)32)28-18-14-17-26(23-28)16-13-11-9-6-2/h14,17-23H,5-13,15-16H2,1-4H3. The fourth-order valence-corrected chi connectivity index (χ4v) is 5.00. The number of unbranched alkanes of at least 4 members (excludes halogenated alkanes) is 6. The Hall–Kier alpha value is -2.48. The zero-order valence-electron chi connectivity index (χ0n) is 21.3. The molecule has 176 valence electrons. The first-order valence-corrected chi connectivity index (χ1v) is 13.2. The molecule has 2 aromatic carbocycles. The van der Waals surface area contributed by atoms with Gasteiger partial charge in [-0.25, -0.2) is 4.70 Å². The van der Waals surface area contributed by atoms with Crippen LogP contribution in [0.4, 0.5) is 0 Å². The smallest absolute Gasteiger partial charge is 0.211 e. The summed E-state index contributed by atoms with van der Waals surface area (Å²) in [5, 5.41) is 0. The predicted molar refractivity (Wildman–Crippen MR) is 142 cm³/mol. The van der Waals surface area contributed by atoms with Crippen molar-refractivity contribution >= 4 is 11.4 Å². The summed E-state index contributed by atoms with van der Waals surface area (Å²) in [5.41, 5.74) is 20.6. The van der Waals surface area contributed by atoms with Gasteiger partial charge < -0.3 is 5.53 Å². The molecule has 0 atom stereocenters. The van der Waals surface area contributed by atoms with E-state index in [-0.39, 0.29) is 0 Å². The van der Waals surface area contributed by atoms with Crippen LogP contribution >= 0.6 is 0 Å². The number of allylic oxidation sites excluding steroid dienone is 2. The summed E-state index contributed by atoms with van der Waals surface area (Å²) in [6.45, 7) is 8.84. The average molecular weight is 443 g/mol. The van der Waals surface area contributed by atoms with E-state index in [1.807, 2.05) is 0 Å². The molecule has 0 aliphatic carbocycles. The van der Waals surface area contributed by atoms with Gasteiger partial charge in [0.25, 0.3) is 0 Å². The van der Waals surface area contributed by atoms with E-state index in [9.17, 15) is 5.53 Å². The molecular weight excluding hydrogens is 400 g/mol. The minimum Gasteiger partial charge on any atom is -0.493 e. The number of rotatable bonds is 13. The maximum absolute atomic E-state index is 11.4. The number of nitrogens with zero attached hydrogens (tertiary/aromatic N) is 2. The van der Waals surface area contributed by atoms with E-state index >= 15 is 0 Å². The Morgan fingerprint density at radius 2 is 1.30 bits per heavy atom. The van der Waals surface area contributed by atoms with Gasteiger partial charge in [0, 0.05) is 22.3 Å². The van der Waals surface area contributed by atoms with Gasteiger partial charge in [-0.15, -0.1) is 0 Å². The third-order valence-corrected chi connectivity index (χ3v) is 6.94. The van der Waals surface area contributed by atoms with Gasteiger partial charge in [-0.3, -0.25) is 0 Å². The van der Waals surface area contributed by atoms with Gasteiger partial charge in [-0.1, -0.05) is 83.6 Å². The van der Waals surface area contributed by atoms with Gasteiger partial charge in [0.05, 0.1) is 0 Å². The molecule has 0 aromatic heterocycles. The molecule has 33 heavy (non-hydrogen) atoms. The van der Waals surface area contributed by atoms with Crippen LogP contribution < -0.4 is 0 Å². The molecule has 1 aliphatic rings. The van der Waals surface area contributed by atoms with Gasteiger partial charge in [0.1, 0.15) is 0 Å². The third kappa shape index (κ3) is 6.31. The summed E-state index contributed by atoms with van der Waals surface area (Å²) >= 11 is 0. The van der Waals surface area contributed by atoms with Crippen LogP contribution in [0.1, 0.15) is 108 Å². The summed E-state index contributed by atoms with van der Waals surface area (Å²) < 4.78 is 1.45. The third-order valence-electron chi connectivity index (χ3n) is 6.94. The minimum absolute atomic E-state index is 0.900. The van der Waals surface area contributed by atoms with Crippen LogP contribution in [0.15, 0.2) is 59.7 Å². The highest BCUT2D eigenvalue weighted by Gasteiger charge is 2.32. The number of aryl methyl sites for hydroxylation is 2. The fourth-order valence-electron chi connectivity index (χ4n) is 5.00. The second-order valence-corrected chi connectivity index (χ2v) is 9.48. The second kappa shape index (κ2) is 12.7. The Morgan fingerprint density at radius 3 is 1.91 bits per heavy atom. The Labute approximate surface area is 201 Å². The summed E-state index contributed by atoms with van der Waals surface area (Å²) in [6.07, 6.45) is 13.4. The van der Waals surface area contributed by atoms with Crippen molar-refractivity contribution < 1.29 is 4.70 Å². The van der Waals surface area contributed by atoms with E-state index < -0.39 is 0 Å². The van der Waals surface area contributed by atoms with Crippen molar-refractivity contribution in [3.8, 4) is 0 Å². The Kier molecular flexibility index (Phi) is 9.66. The highest BCUT2D eigenvalue weighted by Crippen LogP contribution is 2.41. The molecule has 0 saturated heterocycles. The first kappa shape index (κ1) is 25.1. The molecule has 0 bridgehead atoms. The number of hydrogen-bond donors (Lipinski definition) is 0. The van der Waals surface area contributed by atoms with Crippen molar-refractivity contribution in [3.05, 3.63) is 87.5 Å². The largest absolute Gasteiger partial charge is 0.493 e. The lowest BCUT2D eigenvalue weighted by Crippen LogP contribution is -2.03. The number of benzene rings is 2. The number of hydrogen-bond acceptors (Lipinski definition) is 0. The second-order valence-electron chi connectivity index (χ2n) is 9.48. The molecule has 0 spiro atoms. The first-order valence-electron chi connectivity index (χ1n) is 13.2. The molecule has 0 amide bonds. The quantitative estimate of drug-likeness (QED) is 0.218. The summed E-state index contributed by atoms with van der Waals surface area (Å²) in [5.74, 6) is 0. The highest BCUT2D eigenvalue weighted by atomic mass is 15.2. The molecule has 1 aliphatic heterocycles. The van der Waals surface area contributed by atoms with Crippen LogP contribution in [0, 0.1) is 0 Å². The van der Waals surface area contributed by atoms with Gasteiger partial charge >= 0.3 is 0 Å². The van der Waals surface area contributed by atoms with E-state index in [4.69, 9.17) is 0 Å². The Morgan fingerprint density at radius 1 is 0.667 bits per heavy atom. The van der Waals surface area contributed by atoms with Crippen LogP contribution in [0.5, 0.6) is 0 Å². The topological polar surface area (TPSA) is 25.3 Å². The Balaban J connectivity index is 1.78. The molecule has 2 nitrogen and oxygen atoms in total. The van der Waals surface area contributed by atoms with E-state index in [0.717, 1.165) is 41.8 Å². The van der Waals surface area contributed by atoms with Crippen molar-refractivity contribution in [2.24, 2.45) is 0 Å². The Bertz CT molecular complexity index is 992. The van der Waals surface area contributed by atoms with Crippen molar-refractivity contribution in [2.45, 2.75) is 98.3 Å². The molecule has 3 rings (SSSR count). The monoisotopic (exact) mass is 442 g/mol. The highest BCUT2D eigenvalue weighted by molar-refractivity contribution is 5.81. The van der Waals surface area contributed by atoms with Crippen LogP contribution in [0.25, 0.3) is 16.9 Å². The van der Waals surface area contributed by atoms with Crippen LogP contribution in [-0.4, -0.2) is 4.70 Å². The first-order chi connectivity index (χ1) is 16.1. The van der Waals surface area contributed by atoms with Crippen LogP contribution in [0.2, 0.25) is 0 Å². The van der Waals surface area contributed by atoms with Crippen molar-refractivity contribution in [2.75, 3.05) is 0 Å². The summed E-state index contributed by atoms with van der Waals surface area (Å²) in [4.78, 5) is 0. The molecule has 2 heteroatoms. The lowest BCUT2D eigenvalue weighted by molar-refractivity contribution is -0.345. The van der Waals surface area contributed by atoms with E-state index in [2.05, 4.69) is 76.2 Å². The zero-order chi connectivity index (χ0) is 23.6. The van der Waals surface area contributed by atoms with E-state index in [1.165, 1.54) is 78.3 Å². The molecule has 1 heterocycles. The van der Waals surface area contributed by atoms with Crippen molar-refractivity contribution in [1.29, 1.82) is 0 Å². The molecule has 0 fully saturated rings. The molecule has 0 radical (unpaired) electrons. The van der Waals surface area contributed by atoms with Gasteiger partial charge in [0.15, 0.2) is 0 Å². The van der Waals surface area contributed by atoms with Crippen LogP contribution in [-0.2, 0) is 12.8 Å². The maximum Gasteiger partial charge on any atom is 0.211 e. The van der Waals surface area contributed by atoms with Gasteiger partial charge in [-0.2, -0.15) is 0 Å². The zero-order valence-corrected chi connectivity index (χ0v) is 21.3. The van der Waals surface area contributed by atoms with Crippen molar-refractivity contribution in [3.63, 3.8) is 0 Å². The van der Waals surface area contributed by atoms with E-state index in [1.54, 1.807) is 0 Å². The maximum atomic E-state index is 11.4. The average Bonchev–Trinajstić information content (AvgIpc) is 3.09. The predicted octanol–water partition coefficient (Wildman–Crippen LogP) is 9.53. The summed E-state index contributed by atoms with van der Waals surface area (Å²) in [7, 11) is 0. The van der Waals surface area contributed by atoms with Gasteiger partial charge in [-0.05, 0) is 74.4 Å². The van der Waals surface area contributed by atoms with Crippen molar-refractivity contribution in [1.82, 2.24) is 0 Å². The van der Waals surface area contributed by atoms with E-state index in [0.29, 0.717) is 0 Å². The molecule has 0 N–H and O–H groups in total. The lowest BCUT2D eigenvalue weighted by Gasteiger charge is -2.11. The normalized spacial score (nSPS) is 14.0. The fraction of sp³-hybridized carbons (Fsp3) is 0.484. The molecule has 2 aromatic rings. The molecule has 0 unspecified atom stereocenters.